The summed E-state index contributed by atoms with van der Waals surface area (Å²) in [6, 6.07) is 16.4. The summed E-state index contributed by atoms with van der Waals surface area (Å²) in [5.41, 5.74) is 5.23. The van der Waals surface area contributed by atoms with Crippen LogP contribution in [0.25, 0.3) is 27.9 Å². The Labute approximate surface area is 194 Å². The molecule has 0 aliphatic rings. The van der Waals surface area contributed by atoms with E-state index in [0.29, 0.717) is 13.1 Å². The Morgan fingerprint density at radius 1 is 1.09 bits per heavy atom. The maximum Gasteiger partial charge on any atom is 0.120 e. The molecule has 0 spiro atoms. The van der Waals surface area contributed by atoms with Crippen LogP contribution in [0.4, 0.5) is 0 Å². The lowest BCUT2D eigenvalue weighted by Gasteiger charge is -2.07. The Morgan fingerprint density at radius 3 is 2.84 bits per heavy atom. The Hall–Kier alpha value is -3.45. The molecule has 0 saturated heterocycles. The minimum absolute atomic E-state index is 0.606. The molecule has 5 rings (SSSR count). The lowest BCUT2D eigenvalue weighted by Crippen LogP contribution is -2.02. The number of aryl methyl sites for hydroxylation is 1. The van der Waals surface area contributed by atoms with Gasteiger partial charge < -0.3 is 9.30 Å². The lowest BCUT2D eigenvalue weighted by atomic mass is 10.1. The number of ether oxygens (including phenoxy) is 1. The number of hydrogen-bond acceptors (Lipinski definition) is 4. The maximum atomic E-state index is 5.47. The highest BCUT2D eigenvalue weighted by atomic mass is 79.9. The van der Waals surface area contributed by atoms with E-state index in [2.05, 4.69) is 78.3 Å². The van der Waals surface area contributed by atoms with Gasteiger partial charge in [0, 0.05) is 27.5 Å². The van der Waals surface area contributed by atoms with Gasteiger partial charge in [-0.15, -0.1) is 5.10 Å². The van der Waals surface area contributed by atoms with E-state index in [9.17, 15) is 0 Å². The fraction of sp³-hybridized carbons (Fsp3) is 0.160. The van der Waals surface area contributed by atoms with Gasteiger partial charge in [0.25, 0.3) is 0 Å². The predicted molar refractivity (Wildman–Crippen MR) is 131 cm³/mol. The SMILES string of the molecule is COc1ccc2c3ccnc(C)c3n(Cc3cn(C/C=C/c4cccc(Br)c4)nn3)c2c1. The number of nitrogens with zero attached hydrogens (tertiary/aromatic N) is 5. The molecule has 0 radical (unpaired) electrons. The predicted octanol–water partition coefficient (Wildman–Crippen LogP) is 5.62. The molecule has 0 aliphatic carbocycles. The van der Waals surface area contributed by atoms with E-state index in [-0.39, 0.29) is 0 Å². The largest absolute Gasteiger partial charge is 0.497 e. The van der Waals surface area contributed by atoms with Crippen LogP contribution < -0.4 is 4.74 Å². The van der Waals surface area contributed by atoms with Crippen LogP contribution in [0.1, 0.15) is 17.0 Å². The second-order valence-electron chi connectivity index (χ2n) is 7.65. The van der Waals surface area contributed by atoms with E-state index in [4.69, 9.17) is 4.74 Å². The fourth-order valence-electron chi connectivity index (χ4n) is 4.06. The average molecular weight is 488 g/mol. The molecule has 0 unspecified atom stereocenters. The van der Waals surface area contributed by atoms with Crippen LogP contribution in [0.3, 0.4) is 0 Å². The quantitative estimate of drug-likeness (QED) is 0.311. The number of hydrogen-bond donors (Lipinski definition) is 0. The molecule has 7 heteroatoms. The molecule has 0 aliphatic heterocycles. The van der Waals surface area contributed by atoms with E-state index < -0.39 is 0 Å². The number of fused-ring (bicyclic) bond motifs is 3. The summed E-state index contributed by atoms with van der Waals surface area (Å²) in [4.78, 5) is 4.52. The van der Waals surface area contributed by atoms with Gasteiger partial charge >= 0.3 is 0 Å². The molecular weight excluding hydrogens is 466 g/mol. The standard InChI is InChI=1S/C25H22BrN5O/c1-17-25-23(10-11-27-17)22-9-8-21(32-2)14-24(22)31(25)16-20-15-30(29-28-20)12-4-6-18-5-3-7-19(26)13-18/h3-11,13-15H,12,16H2,1-2H3/b6-4+. The van der Waals surface area contributed by atoms with E-state index >= 15 is 0 Å². The molecule has 0 atom stereocenters. The highest BCUT2D eigenvalue weighted by molar-refractivity contribution is 9.10. The normalized spacial score (nSPS) is 11.7. The number of benzene rings is 2. The number of pyridine rings is 1. The van der Waals surface area contributed by atoms with E-state index in [1.54, 1.807) is 7.11 Å². The molecule has 5 aromatic rings. The summed E-state index contributed by atoms with van der Waals surface area (Å²) in [7, 11) is 1.69. The first-order valence-corrected chi connectivity index (χ1v) is 11.1. The van der Waals surface area contributed by atoms with E-state index in [1.165, 1.54) is 10.8 Å². The first-order chi connectivity index (χ1) is 15.6. The Bertz CT molecular complexity index is 1450. The zero-order valence-corrected chi connectivity index (χ0v) is 19.5. The van der Waals surface area contributed by atoms with Crippen LogP contribution in [0, 0.1) is 6.92 Å². The number of halogens is 1. The van der Waals surface area contributed by atoms with E-state index in [1.807, 2.05) is 42.2 Å². The maximum absolute atomic E-state index is 5.47. The smallest absolute Gasteiger partial charge is 0.120 e. The minimum Gasteiger partial charge on any atom is -0.497 e. The van der Waals surface area contributed by atoms with Crippen LogP contribution in [-0.4, -0.2) is 31.7 Å². The van der Waals surface area contributed by atoms with Crippen molar-refractivity contribution in [3.63, 3.8) is 0 Å². The second-order valence-corrected chi connectivity index (χ2v) is 8.57. The summed E-state index contributed by atoms with van der Waals surface area (Å²) >= 11 is 3.50. The number of methoxy groups -OCH3 is 1. The van der Waals surface area contributed by atoms with Crippen molar-refractivity contribution in [1.82, 2.24) is 24.5 Å². The van der Waals surface area contributed by atoms with Crippen LogP contribution in [0.5, 0.6) is 5.75 Å². The van der Waals surface area contributed by atoms with Crippen molar-refractivity contribution in [2.24, 2.45) is 0 Å². The molecule has 32 heavy (non-hydrogen) atoms. The van der Waals surface area contributed by atoms with Crippen LogP contribution in [0.2, 0.25) is 0 Å². The molecule has 0 amide bonds. The van der Waals surface area contributed by atoms with Gasteiger partial charge in [0.05, 0.1) is 43.1 Å². The van der Waals surface area contributed by atoms with Crippen LogP contribution in [0.15, 0.2) is 71.5 Å². The molecule has 0 saturated carbocycles. The molecule has 3 aromatic heterocycles. The van der Waals surface area contributed by atoms with Crippen molar-refractivity contribution < 1.29 is 4.74 Å². The fourth-order valence-corrected chi connectivity index (χ4v) is 4.48. The molecule has 0 bridgehead atoms. The molecule has 3 heterocycles. The van der Waals surface area contributed by atoms with Gasteiger partial charge in [0.2, 0.25) is 0 Å². The van der Waals surface area contributed by atoms with E-state index in [0.717, 1.165) is 38.2 Å². The highest BCUT2D eigenvalue weighted by Gasteiger charge is 2.15. The van der Waals surface area contributed by atoms with Gasteiger partial charge in [-0.05, 0) is 42.8 Å². The summed E-state index contributed by atoms with van der Waals surface area (Å²) < 4.78 is 10.6. The lowest BCUT2D eigenvalue weighted by molar-refractivity contribution is 0.415. The molecule has 0 N–H and O–H groups in total. The van der Waals surface area contributed by atoms with Crippen molar-refractivity contribution in [1.29, 1.82) is 0 Å². The van der Waals surface area contributed by atoms with Crippen molar-refractivity contribution in [2.75, 3.05) is 7.11 Å². The van der Waals surface area contributed by atoms with Gasteiger partial charge in [0.15, 0.2) is 0 Å². The zero-order chi connectivity index (χ0) is 22.1. The van der Waals surface area contributed by atoms with Crippen LogP contribution in [-0.2, 0) is 13.1 Å². The third kappa shape index (κ3) is 3.91. The van der Waals surface area contributed by atoms with Gasteiger partial charge in [-0.25, -0.2) is 4.68 Å². The van der Waals surface area contributed by atoms with Crippen molar-refractivity contribution in [3.05, 3.63) is 88.4 Å². The second kappa shape index (κ2) is 8.59. The van der Waals surface area contributed by atoms with Gasteiger partial charge in [0.1, 0.15) is 11.4 Å². The number of aromatic nitrogens is 5. The van der Waals surface area contributed by atoms with Gasteiger partial charge in [-0.3, -0.25) is 4.98 Å². The summed E-state index contributed by atoms with van der Waals surface area (Å²) in [5, 5.41) is 11.1. The Morgan fingerprint density at radius 2 is 2.00 bits per heavy atom. The third-order valence-corrected chi connectivity index (χ3v) is 6.01. The number of rotatable bonds is 6. The van der Waals surface area contributed by atoms with Crippen molar-refractivity contribution >= 4 is 43.8 Å². The van der Waals surface area contributed by atoms with Crippen LogP contribution >= 0.6 is 15.9 Å². The third-order valence-electron chi connectivity index (χ3n) is 5.52. The molecule has 160 valence electrons. The molecule has 2 aromatic carbocycles. The summed E-state index contributed by atoms with van der Waals surface area (Å²) in [6.45, 7) is 3.30. The molecular formula is C25H22BrN5O. The molecule has 0 fully saturated rings. The minimum atomic E-state index is 0.606. The average Bonchev–Trinajstić information content (AvgIpc) is 3.37. The Balaban J connectivity index is 1.45. The summed E-state index contributed by atoms with van der Waals surface area (Å²) in [5.74, 6) is 0.827. The monoisotopic (exact) mass is 487 g/mol. The van der Waals surface area contributed by atoms with Crippen molar-refractivity contribution in [3.8, 4) is 5.75 Å². The van der Waals surface area contributed by atoms with Gasteiger partial charge in [-0.1, -0.05) is 45.4 Å². The summed E-state index contributed by atoms with van der Waals surface area (Å²) in [6.07, 6.45) is 8.02. The first kappa shape index (κ1) is 20.5. The molecule has 6 nitrogen and oxygen atoms in total. The number of allylic oxidation sites excluding steroid dienone is 1. The highest BCUT2D eigenvalue weighted by Crippen LogP contribution is 2.33. The first-order valence-electron chi connectivity index (χ1n) is 10.3. The zero-order valence-electron chi connectivity index (χ0n) is 17.9. The van der Waals surface area contributed by atoms with Crippen molar-refractivity contribution in [2.45, 2.75) is 20.0 Å². The van der Waals surface area contributed by atoms with Gasteiger partial charge in [-0.2, -0.15) is 0 Å². The topological polar surface area (TPSA) is 57.8 Å². The Kier molecular flexibility index (Phi) is 5.49.